The monoisotopic (exact) mass is 411 g/mol. The van der Waals surface area contributed by atoms with Crippen molar-refractivity contribution < 1.29 is 9.59 Å². The molecule has 4 rings (SSSR count). The van der Waals surface area contributed by atoms with E-state index in [0.29, 0.717) is 16.1 Å². The van der Waals surface area contributed by atoms with Crippen molar-refractivity contribution >= 4 is 40.2 Å². The highest BCUT2D eigenvalue weighted by molar-refractivity contribution is 7.12. The second-order valence-electron chi connectivity index (χ2n) is 6.66. The Morgan fingerprint density at radius 2 is 1.71 bits per heavy atom. The molecule has 0 atom stereocenters. The van der Waals surface area contributed by atoms with Crippen LogP contribution in [0.2, 0.25) is 0 Å². The van der Waals surface area contributed by atoms with Crippen molar-refractivity contribution in [3.05, 3.63) is 74.6 Å². The fourth-order valence-corrected chi connectivity index (χ4v) is 4.61. The highest BCUT2D eigenvalue weighted by atomic mass is 32.1. The first kappa shape index (κ1) is 18.9. The number of hydrogen-bond acceptors (Lipinski definition) is 5. The van der Waals surface area contributed by atoms with Crippen molar-refractivity contribution in [2.45, 2.75) is 6.54 Å². The van der Waals surface area contributed by atoms with E-state index in [4.69, 9.17) is 0 Å². The number of rotatable bonds is 5. The molecule has 1 fully saturated rings. The van der Waals surface area contributed by atoms with Crippen LogP contribution in [0.5, 0.6) is 0 Å². The first-order valence-corrected chi connectivity index (χ1v) is 10.9. The fraction of sp³-hybridized carbons (Fsp3) is 0.238. The van der Waals surface area contributed by atoms with E-state index >= 15 is 0 Å². The molecule has 3 heterocycles. The summed E-state index contributed by atoms with van der Waals surface area (Å²) in [4.78, 5) is 31.4. The van der Waals surface area contributed by atoms with Gasteiger partial charge in [-0.3, -0.25) is 14.5 Å². The standard InChI is InChI=1S/C21H21N3O2S2/c25-20(19-7-3-13-28-19)22-17-5-1-4-16(14-17)21(26)24-10-8-23(9-11-24)15-18-6-2-12-27-18/h1-7,12-14H,8-11,15H2,(H,22,25). The number of hydrogen-bond donors (Lipinski definition) is 1. The highest BCUT2D eigenvalue weighted by Crippen LogP contribution is 2.18. The van der Waals surface area contributed by atoms with Crippen LogP contribution in [0.1, 0.15) is 24.9 Å². The van der Waals surface area contributed by atoms with E-state index in [1.807, 2.05) is 22.4 Å². The predicted octanol–water partition coefficient (Wildman–Crippen LogP) is 4.02. The van der Waals surface area contributed by atoms with Crippen LogP contribution in [0.15, 0.2) is 59.3 Å². The molecular weight excluding hydrogens is 390 g/mol. The number of nitrogens with one attached hydrogen (secondary N) is 1. The van der Waals surface area contributed by atoms with Crippen molar-refractivity contribution in [2.24, 2.45) is 0 Å². The third kappa shape index (κ3) is 4.49. The second-order valence-corrected chi connectivity index (χ2v) is 8.64. The number of amides is 2. The summed E-state index contributed by atoms with van der Waals surface area (Å²) < 4.78 is 0. The predicted molar refractivity (Wildman–Crippen MR) is 114 cm³/mol. The summed E-state index contributed by atoms with van der Waals surface area (Å²) in [5.41, 5.74) is 1.25. The third-order valence-corrected chi connectivity index (χ3v) is 6.46. The average molecular weight is 412 g/mol. The van der Waals surface area contributed by atoms with E-state index < -0.39 is 0 Å². The first-order valence-electron chi connectivity index (χ1n) is 9.18. The topological polar surface area (TPSA) is 52.7 Å². The number of thiophene rings is 2. The number of carbonyl (C=O) groups is 2. The smallest absolute Gasteiger partial charge is 0.265 e. The first-order chi connectivity index (χ1) is 13.7. The summed E-state index contributed by atoms with van der Waals surface area (Å²) >= 11 is 3.16. The Balaban J connectivity index is 1.35. The largest absolute Gasteiger partial charge is 0.336 e. The number of benzene rings is 1. The van der Waals surface area contributed by atoms with Crippen LogP contribution in [0, 0.1) is 0 Å². The molecule has 1 saturated heterocycles. The van der Waals surface area contributed by atoms with Gasteiger partial charge in [0.2, 0.25) is 0 Å². The summed E-state index contributed by atoms with van der Waals surface area (Å²) in [6, 6.07) is 15.0. The molecule has 0 spiro atoms. The minimum Gasteiger partial charge on any atom is -0.336 e. The molecule has 28 heavy (non-hydrogen) atoms. The minimum absolute atomic E-state index is 0.0167. The van der Waals surface area contributed by atoms with Crippen LogP contribution >= 0.6 is 22.7 Å². The summed E-state index contributed by atoms with van der Waals surface area (Å²) in [5, 5.41) is 6.83. The average Bonchev–Trinajstić information content (AvgIpc) is 3.42. The van der Waals surface area contributed by atoms with Gasteiger partial charge in [0, 0.05) is 48.9 Å². The third-order valence-electron chi connectivity index (χ3n) is 4.73. The lowest BCUT2D eigenvalue weighted by atomic mass is 10.1. The maximum atomic E-state index is 12.9. The second kappa shape index (κ2) is 8.68. The van der Waals surface area contributed by atoms with E-state index in [1.165, 1.54) is 16.2 Å². The van der Waals surface area contributed by atoms with Crippen molar-refractivity contribution in [3.63, 3.8) is 0 Å². The van der Waals surface area contributed by atoms with Gasteiger partial charge in [-0.2, -0.15) is 0 Å². The van der Waals surface area contributed by atoms with Gasteiger partial charge in [0.15, 0.2) is 0 Å². The molecule has 0 saturated carbocycles. The van der Waals surface area contributed by atoms with Crippen molar-refractivity contribution in [1.82, 2.24) is 9.80 Å². The van der Waals surface area contributed by atoms with Gasteiger partial charge in [-0.05, 0) is 41.1 Å². The molecule has 2 aromatic heterocycles. The number of carbonyl (C=O) groups excluding carboxylic acids is 2. The molecule has 1 aliphatic heterocycles. The maximum Gasteiger partial charge on any atom is 0.265 e. The van der Waals surface area contributed by atoms with Gasteiger partial charge < -0.3 is 10.2 Å². The molecule has 144 valence electrons. The van der Waals surface area contributed by atoms with Crippen molar-refractivity contribution in [3.8, 4) is 0 Å². The SMILES string of the molecule is O=C(Nc1cccc(C(=O)N2CCN(Cc3cccs3)CC2)c1)c1cccs1. The molecule has 7 heteroatoms. The summed E-state index contributed by atoms with van der Waals surface area (Å²) in [6.07, 6.45) is 0. The van der Waals surface area contributed by atoms with Crippen molar-refractivity contribution in [2.75, 3.05) is 31.5 Å². The Morgan fingerprint density at radius 1 is 0.929 bits per heavy atom. The Kier molecular flexibility index (Phi) is 5.85. The Labute approximate surface area is 172 Å². The van der Waals surface area contributed by atoms with Crippen LogP contribution in [0.4, 0.5) is 5.69 Å². The van der Waals surface area contributed by atoms with Gasteiger partial charge in [-0.15, -0.1) is 22.7 Å². The van der Waals surface area contributed by atoms with E-state index in [9.17, 15) is 9.59 Å². The fourth-order valence-electron chi connectivity index (χ4n) is 3.25. The zero-order valence-electron chi connectivity index (χ0n) is 15.3. The van der Waals surface area contributed by atoms with Gasteiger partial charge in [0.05, 0.1) is 4.88 Å². The molecule has 0 unspecified atom stereocenters. The lowest BCUT2D eigenvalue weighted by Gasteiger charge is -2.34. The van der Waals surface area contributed by atoms with E-state index in [-0.39, 0.29) is 11.8 Å². The van der Waals surface area contributed by atoms with Crippen LogP contribution in [-0.2, 0) is 6.54 Å². The van der Waals surface area contributed by atoms with Crippen LogP contribution in [0.3, 0.4) is 0 Å². The van der Waals surface area contributed by atoms with Crippen molar-refractivity contribution in [1.29, 1.82) is 0 Å². The Morgan fingerprint density at radius 3 is 2.43 bits per heavy atom. The number of nitrogens with zero attached hydrogens (tertiary/aromatic N) is 2. The van der Waals surface area contributed by atoms with Crippen LogP contribution in [0.25, 0.3) is 0 Å². The molecule has 3 aromatic rings. The van der Waals surface area contributed by atoms with Gasteiger partial charge in [-0.1, -0.05) is 18.2 Å². The summed E-state index contributed by atoms with van der Waals surface area (Å²) in [6.45, 7) is 4.13. The van der Waals surface area contributed by atoms with E-state index in [2.05, 4.69) is 27.7 Å². The molecule has 0 bridgehead atoms. The molecule has 1 aliphatic rings. The molecular formula is C21H21N3O2S2. The molecule has 2 amide bonds. The van der Waals surface area contributed by atoms with Gasteiger partial charge in [-0.25, -0.2) is 0 Å². The quantitative estimate of drug-likeness (QED) is 0.690. The minimum atomic E-state index is -0.151. The lowest BCUT2D eigenvalue weighted by molar-refractivity contribution is 0.0629. The Hall–Kier alpha value is -2.48. The summed E-state index contributed by atoms with van der Waals surface area (Å²) in [7, 11) is 0. The molecule has 1 N–H and O–H groups in total. The normalized spacial score (nSPS) is 14.8. The molecule has 1 aromatic carbocycles. The van der Waals surface area contributed by atoms with E-state index in [0.717, 1.165) is 32.7 Å². The number of piperazine rings is 1. The van der Waals surface area contributed by atoms with Gasteiger partial charge >= 0.3 is 0 Å². The maximum absolute atomic E-state index is 12.9. The molecule has 0 radical (unpaired) electrons. The zero-order chi connectivity index (χ0) is 19.3. The number of anilines is 1. The molecule has 5 nitrogen and oxygen atoms in total. The summed E-state index contributed by atoms with van der Waals surface area (Å²) in [5.74, 6) is -0.134. The highest BCUT2D eigenvalue weighted by Gasteiger charge is 2.22. The van der Waals surface area contributed by atoms with E-state index in [1.54, 1.807) is 35.6 Å². The van der Waals surface area contributed by atoms with Crippen LogP contribution in [-0.4, -0.2) is 47.8 Å². The zero-order valence-corrected chi connectivity index (χ0v) is 17.0. The van der Waals surface area contributed by atoms with Gasteiger partial charge in [0.25, 0.3) is 11.8 Å². The lowest BCUT2D eigenvalue weighted by Crippen LogP contribution is -2.48. The molecule has 0 aliphatic carbocycles. The van der Waals surface area contributed by atoms with Crippen LogP contribution < -0.4 is 5.32 Å². The van der Waals surface area contributed by atoms with Gasteiger partial charge in [0.1, 0.15) is 0 Å². The Bertz CT molecular complexity index is 930.